The molecule has 0 bridgehead atoms. The smallest absolute Gasteiger partial charge is 0.215 e. The first-order chi connectivity index (χ1) is 14.6. The molecule has 0 radical (unpaired) electrons. The maximum Gasteiger partial charge on any atom is 0.215 e. The van der Waals surface area contributed by atoms with Gasteiger partial charge in [0.15, 0.2) is 11.5 Å². The van der Waals surface area contributed by atoms with Crippen molar-refractivity contribution in [2.45, 2.75) is 13.5 Å². The van der Waals surface area contributed by atoms with E-state index in [2.05, 4.69) is 15.2 Å². The fourth-order valence-electron chi connectivity index (χ4n) is 3.16. The van der Waals surface area contributed by atoms with E-state index in [0.29, 0.717) is 29.2 Å². The largest absolute Gasteiger partial charge is 0.497 e. The molecule has 0 saturated heterocycles. The van der Waals surface area contributed by atoms with Crippen molar-refractivity contribution in [2.24, 2.45) is 0 Å². The van der Waals surface area contributed by atoms with Gasteiger partial charge in [0.2, 0.25) is 5.95 Å². The van der Waals surface area contributed by atoms with E-state index in [-0.39, 0.29) is 0 Å². The molecule has 2 aromatic carbocycles. The number of aryl methyl sites for hydroxylation is 1. The molecular weight excluding hydrogens is 385 g/mol. The summed E-state index contributed by atoms with van der Waals surface area (Å²) in [5.41, 5.74) is 3.63. The van der Waals surface area contributed by atoms with E-state index in [0.717, 1.165) is 27.8 Å². The average Bonchev–Trinajstić information content (AvgIpc) is 2.78. The molecule has 30 heavy (non-hydrogen) atoms. The zero-order chi connectivity index (χ0) is 21.1. The van der Waals surface area contributed by atoms with Gasteiger partial charge < -0.3 is 14.2 Å². The molecule has 2 aromatic heterocycles. The van der Waals surface area contributed by atoms with Crippen molar-refractivity contribution in [1.82, 2.24) is 15.2 Å². The van der Waals surface area contributed by atoms with Gasteiger partial charge in [-0.1, -0.05) is 12.1 Å². The maximum absolute atomic E-state index is 13.6. The second-order valence-corrected chi connectivity index (χ2v) is 6.75. The molecule has 0 N–H and O–H groups in total. The summed E-state index contributed by atoms with van der Waals surface area (Å²) in [4.78, 5) is 3.83. The van der Waals surface area contributed by atoms with E-state index in [1.807, 2.05) is 30.3 Å². The van der Waals surface area contributed by atoms with Crippen LogP contribution in [0, 0.1) is 12.9 Å². The van der Waals surface area contributed by atoms with Crippen LogP contribution in [0.5, 0.6) is 17.2 Å². The van der Waals surface area contributed by atoms with Crippen LogP contribution >= 0.6 is 0 Å². The molecule has 0 unspecified atom stereocenters. The molecule has 7 heteroatoms. The number of ether oxygens (including phenoxy) is 3. The lowest BCUT2D eigenvalue weighted by Gasteiger charge is -2.14. The number of hydrogen-bond donors (Lipinski definition) is 0. The Hall–Kier alpha value is -3.74. The Balaban J connectivity index is 1.72. The molecule has 152 valence electrons. The number of methoxy groups -OCH3 is 2. The number of benzene rings is 2. The Morgan fingerprint density at radius 2 is 1.73 bits per heavy atom. The highest BCUT2D eigenvalue weighted by Crippen LogP contribution is 2.36. The Kier molecular flexibility index (Phi) is 5.43. The highest BCUT2D eigenvalue weighted by atomic mass is 19.1. The summed E-state index contributed by atoms with van der Waals surface area (Å²) < 4.78 is 30.3. The minimum atomic E-state index is -0.491. The monoisotopic (exact) mass is 405 g/mol. The highest BCUT2D eigenvalue weighted by Gasteiger charge is 2.14. The van der Waals surface area contributed by atoms with E-state index < -0.39 is 5.95 Å². The normalized spacial score (nSPS) is 10.8. The van der Waals surface area contributed by atoms with Gasteiger partial charge in [-0.15, -0.1) is 0 Å². The molecule has 6 nitrogen and oxygen atoms in total. The molecule has 0 fully saturated rings. The lowest BCUT2D eigenvalue weighted by molar-refractivity contribution is 0.285. The summed E-state index contributed by atoms with van der Waals surface area (Å²) in [7, 11) is 3.20. The van der Waals surface area contributed by atoms with Crippen LogP contribution in [-0.2, 0) is 6.61 Å². The molecular formula is C23H20FN3O3. The summed E-state index contributed by atoms with van der Waals surface area (Å²) >= 11 is 0. The summed E-state index contributed by atoms with van der Waals surface area (Å²) in [6, 6.07) is 13.0. The molecule has 4 aromatic rings. The van der Waals surface area contributed by atoms with E-state index in [1.165, 1.54) is 6.20 Å². The zero-order valence-corrected chi connectivity index (χ0v) is 16.8. The minimum absolute atomic E-state index is 0.358. The number of rotatable bonds is 6. The summed E-state index contributed by atoms with van der Waals surface area (Å²) in [6.45, 7) is 2.03. The predicted molar refractivity (Wildman–Crippen MR) is 111 cm³/mol. The molecule has 0 atom stereocenters. The Morgan fingerprint density at radius 3 is 2.43 bits per heavy atom. The number of fused-ring (bicyclic) bond motifs is 1. The van der Waals surface area contributed by atoms with Crippen molar-refractivity contribution in [3.63, 3.8) is 0 Å². The van der Waals surface area contributed by atoms with Crippen molar-refractivity contribution in [3.05, 3.63) is 71.9 Å². The van der Waals surface area contributed by atoms with Crippen LogP contribution in [-0.4, -0.2) is 29.4 Å². The van der Waals surface area contributed by atoms with Crippen LogP contribution in [0.3, 0.4) is 0 Å². The summed E-state index contributed by atoms with van der Waals surface area (Å²) in [5, 5.41) is 9.09. The SMILES string of the molecule is COc1ccc(COc2cc3c(-c4cnc(F)c(C)c4)cnnc3cc2OC)cc1. The molecule has 0 spiro atoms. The quantitative estimate of drug-likeness (QED) is 0.432. The Bertz CT molecular complexity index is 1200. The number of pyridine rings is 1. The number of nitrogens with zero attached hydrogens (tertiary/aromatic N) is 3. The van der Waals surface area contributed by atoms with Gasteiger partial charge in [0.25, 0.3) is 0 Å². The van der Waals surface area contributed by atoms with Gasteiger partial charge in [-0.05, 0) is 36.8 Å². The maximum atomic E-state index is 13.6. The highest BCUT2D eigenvalue weighted by molar-refractivity contribution is 5.95. The summed E-state index contributed by atoms with van der Waals surface area (Å²) in [6.07, 6.45) is 3.12. The molecule has 0 aliphatic carbocycles. The van der Waals surface area contributed by atoms with Gasteiger partial charge in [-0.25, -0.2) is 4.98 Å². The molecule has 2 heterocycles. The molecule has 0 aliphatic rings. The van der Waals surface area contributed by atoms with Crippen LogP contribution < -0.4 is 14.2 Å². The zero-order valence-electron chi connectivity index (χ0n) is 16.8. The third-order valence-electron chi connectivity index (χ3n) is 4.80. The summed E-state index contributed by atoms with van der Waals surface area (Å²) in [5.74, 6) is 1.42. The lowest BCUT2D eigenvalue weighted by atomic mass is 10.0. The van der Waals surface area contributed by atoms with E-state index in [4.69, 9.17) is 14.2 Å². The van der Waals surface area contributed by atoms with Crippen LogP contribution in [0.4, 0.5) is 4.39 Å². The molecule has 0 saturated carbocycles. The molecule has 0 aliphatic heterocycles. The van der Waals surface area contributed by atoms with Gasteiger partial charge in [0.1, 0.15) is 12.4 Å². The van der Waals surface area contributed by atoms with Crippen molar-refractivity contribution in [1.29, 1.82) is 0 Å². The van der Waals surface area contributed by atoms with Crippen LogP contribution in [0.15, 0.2) is 54.9 Å². The number of aromatic nitrogens is 3. The van der Waals surface area contributed by atoms with E-state index in [9.17, 15) is 4.39 Å². The fourth-order valence-corrected chi connectivity index (χ4v) is 3.16. The topological polar surface area (TPSA) is 66.4 Å². The first-order valence-corrected chi connectivity index (χ1v) is 9.30. The van der Waals surface area contributed by atoms with Crippen LogP contribution in [0.1, 0.15) is 11.1 Å². The Morgan fingerprint density at radius 1 is 0.933 bits per heavy atom. The van der Waals surface area contributed by atoms with E-state index in [1.54, 1.807) is 39.5 Å². The molecule has 0 amide bonds. The standard InChI is InChI=1S/C23H20FN3O3/c1-14-8-16(11-25-23(14)24)19-12-26-27-20-10-21(29-3)22(9-18(19)20)30-13-15-4-6-17(28-2)7-5-15/h4-12H,13H2,1-3H3. The van der Waals surface area contributed by atoms with Crippen molar-refractivity contribution in [3.8, 4) is 28.4 Å². The van der Waals surface area contributed by atoms with Gasteiger partial charge in [0.05, 0.1) is 25.9 Å². The second-order valence-electron chi connectivity index (χ2n) is 6.75. The van der Waals surface area contributed by atoms with Crippen molar-refractivity contribution < 1.29 is 18.6 Å². The van der Waals surface area contributed by atoms with Crippen molar-refractivity contribution in [2.75, 3.05) is 14.2 Å². The van der Waals surface area contributed by atoms with Gasteiger partial charge in [0, 0.05) is 34.3 Å². The predicted octanol–water partition coefficient (Wildman–Crippen LogP) is 4.74. The molecule has 4 rings (SSSR count). The van der Waals surface area contributed by atoms with Crippen molar-refractivity contribution >= 4 is 10.9 Å². The first kappa shape index (κ1) is 19.6. The third-order valence-corrected chi connectivity index (χ3v) is 4.80. The Labute approximate surface area is 173 Å². The van der Waals surface area contributed by atoms with Gasteiger partial charge >= 0.3 is 0 Å². The second kappa shape index (κ2) is 8.32. The minimum Gasteiger partial charge on any atom is -0.497 e. The first-order valence-electron chi connectivity index (χ1n) is 9.30. The van der Waals surface area contributed by atoms with Gasteiger partial charge in [-0.2, -0.15) is 14.6 Å². The van der Waals surface area contributed by atoms with Crippen LogP contribution in [0.25, 0.3) is 22.0 Å². The van der Waals surface area contributed by atoms with Crippen LogP contribution in [0.2, 0.25) is 0 Å². The number of halogens is 1. The number of hydrogen-bond acceptors (Lipinski definition) is 6. The van der Waals surface area contributed by atoms with Gasteiger partial charge in [-0.3, -0.25) is 0 Å². The lowest BCUT2D eigenvalue weighted by Crippen LogP contribution is -1.99. The third kappa shape index (κ3) is 3.87. The fraction of sp³-hybridized carbons (Fsp3) is 0.174. The van der Waals surface area contributed by atoms with E-state index >= 15 is 0 Å². The average molecular weight is 405 g/mol.